The summed E-state index contributed by atoms with van der Waals surface area (Å²) < 4.78 is 21.0. The standard InChI is InChI=1S/C23H22N2O7/c1-29-18-7-5-14(9-15(18)6-8-21(26)25-28)10-17(13-24)22(27)16-11-19(30-2)23(32-4)20(12-16)31-3/h5-12,28H,1-4H3,(H,25,26)/b8-6+,17-10?. The van der Waals surface area contributed by atoms with E-state index in [0.717, 1.165) is 6.08 Å². The highest BCUT2D eigenvalue weighted by Crippen LogP contribution is 2.38. The van der Waals surface area contributed by atoms with Crippen molar-refractivity contribution in [1.29, 1.82) is 5.26 Å². The molecule has 0 bridgehead atoms. The number of hydroxylamine groups is 1. The van der Waals surface area contributed by atoms with Crippen LogP contribution in [0.3, 0.4) is 0 Å². The Balaban J connectivity index is 2.49. The zero-order chi connectivity index (χ0) is 23.7. The van der Waals surface area contributed by atoms with E-state index in [4.69, 9.17) is 24.2 Å². The second-order valence-electron chi connectivity index (χ2n) is 6.22. The number of nitrogens with one attached hydrogen (secondary N) is 1. The number of carbonyl (C=O) groups excluding carboxylic acids is 2. The van der Waals surface area contributed by atoms with E-state index in [9.17, 15) is 14.9 Å². The van der Waals surface area contributed by atoms with Gasteiger partial charge in [0.05, 0.1) is 28.4 Å². The summed E-state index contributed by atoms with van der Waals surface area (Å²) in [5, 5.41) is 18.2. The molecule has 0 spiro atoms. The van der Waals surface area contributed by atoms with Crippen LogP contribution < -0.4 is 24.4 Å². The molecule has 1 amide bonds. The van der Waals surface area contributed by atoms with E-state index in [0.29, 0.717) is 22.6 Å². The Kier molecular flexibility index (Phi) is 8.39. The van der Waals surface area contributed by atoms with E-state index < -0.39 is 11.7 Å². The number of amides is 1. The number of nitriles is 1. The fourth-order valence-electron chi connectivity index (χ4n) is 2.86. The predicted octanol–water partition coefficient (Wildman–Crippen LogP) is 3.03. The third-order valence-electron chi connectivity index (χ3n) is 4.38. The Bertz CT molecular complexity index is 1090. The summed E-state index contributed by atoms with van der Waals surface area (Å²) >= 11 is 0. The molecule has 0 radical (unpaired) electrons. The van der Waals surface area contributed by atoms with E-state index >= 15 is 0 Å². The molecule has 9 nitrogen and oxygen atoms in total. The molecule has 0 aliphatic rings. The van der Waals surface area contributed by atoms with Crippen LogP contribution >= 0.6 is 0 Å². The van der Waals surface area contributed by atoms with Crippen LogP contribution in [0.25, 0.3) is 12.2 Å². The monoisotopic (exact) mass is 438 g/mol. The summed E-state index contributed by atoms with van der Waals surface area (Å²) in [6.45, 7) is 0. The highest BCUT2D eigenvalue weighted by atomic mass is 16.5. The fourth-order valence-corrected chi connectivity index (χ4v) is 2.86. The van der Waals surface area contributed by atoms with Gasteiger partial charge < -0.3 is 18.9 Å². The van der Waals surface area contributed by atoms with Crippen LogP contribution in [0.4, 0.5) is 0 Å². The SMILES string of the molecule is COc1ccc(C=C(C#N)C(=O)c2cc(OC)c(OC)c(OC)c2)cc1/C=C/C(=O)NO. The molecule has 0 saturated heterocycles. The number of ether oxygens (including phenoxy) is 4. The number of hydrogen-bond donors (Lipinski definition) is 2. The molecule has 0 fully saturated rings. The minimum Gasteiger partial charge on any atom is -0.496 e. The summed E-state index contributed by atoms with van der Waals surface area (Å²) in [7, 11) is 5.76. The lowest BCUT2D eigenvalue weighted by atomic mass is 10.00. The number of carbonyl (C=O) groups is 2. The average Bonchev–Trinajstić information content (AvgIpc) is 2.84. The fraction of sp³-hybridized carbons (Fsp3) is 0.174. The molecule has 2 aromatic carbocycles. The second kappa shape index (κ2) is 11.2. The van der Waals surface area contributed by atoms with Gasteiger partial charge in [-0.3, -0.25) is 14.8 Å². The summed E-state index contributed by atoms with van der Waals surface area (Å²) in [4.78, 5) is 24.3. The highest BCUT2D eigenvalue weighted by molar-refractivity contribution is 6.14. The van der Waals surface area contributed by atoms with Gasteiger partial charge in [0.2, 0.25) is 11.5 Å². The molecule has 9 heteroatoms. The van der Waals surface area contributed by atoms with Crippen LogP contribution in [0.1, 0.15) is 21.5 Å². The van der Waals surface area contributed by atoms with E-state index in [1.54, 1.807) is 18.2 Å². The smallest absolute Gasteiger partial charge is 0.267 e. The van der Waals surface area contributed by atoms with Gasteiger partial charge in [-0.05, 0) is 42.0 Å². The molecule has 0 aliphatic heterocycles. The quantitative estimate of drug-likeness (QED) is 0.201. The van der Waals surface area contributed by atoms with Crippen molar-refractivity contribution in [2.75, 3.05) is 28.4 Å². The van der Waals surface area contributed by atoms with Crippen molar-refractivity contribution in [1.82, 2.24) is 5.48 Å². The molecule has 2 rings (SSSR count). The molecule has 32 heavy (non-hydrogen) atoms. The predicted molar refractivity (Wildman–Crippen MR) is 116 cm³/mol. The van der Waals surface area contributed by atoms with Crippen molar-refractivity contribution in [3.8, 4) is 29.1 Å². The van der Waals surface area contributed by atoms with Gasteiger partial charge in [0, 0.05) is 17.2 Å². The number of allylic oxidation sites excluding steroid dienone is 1. The Morgan fingerprint density at radius 3 is 2.09 bits per heavy atom. The van der Waals surface area contributed by atoms with E-state index in [1.807, 2.05) is 6.07 Å². The third kappa shape index (κ3) is 5.44. The van der Waals surface area contributed by atoms with E-state index in [1.165, 1.54) is 58.2 Å². The van der Waals surface area contributed by atoms with Crippen molar-refractivity contribution in [2.45, 2.75) is 0 Å². The van der Waals surface area contributed by atoms with Crippen LogP contribution in [-0.4, -0.2) is 45.3 Å². The zero-order valence-electron chi connectivity index (χ0n) is 18.0. The number of benzene rings is 2. The van der Waals surface area contributed by atoms with E-state index in [-0.39, 0.29) is 22.6 Å². The van der Waals surface area contributed by atoms with Gasteiger partial charge in [-0.25, -0.2) is 5.48 Å². The molecule has 2 aromatic rings. The van der Waals surface area contributed by atoms with Crippen LogP contribution in [0.5, 0.6) is 23.0 Å². The summed E-state index contributed by atoms with van der Waals surface area (Å²) in [6.07, 6.45) is 3.95. The largest absolute Gasteiger partial charge is 0.496 e. The zero-order valence-corrected chi connectivity index (χ0v) is 18.0. The number of methoxy groups -OCH3 is 4. The maximum Gasteiger partial charge on any atom is 0.267 e. The van der Waals surface area contributed by atoms with Gasteiger partial charge in [-0.2, -0.15) is 5.26 Å². The van der Waals surface area contributed by atoms with Crippen molar-refractivity contribution in [2.24, 2.45) is 0 Å². The van der Waals surface area contributed by atoms with Gasteiger partial charge >= 0.3 is 0 Å². The number of hydrogen-bond acceptors (Lipinski definition) is 8. The van der Waals surface area contributed by atoms with Crippen molar-refractivity contribution < 1.29 is 33.7 Å². The first-order valence-electron chi connectivity index (χ1n) is 9.19. The highest BCUT2D eigenvalue weighted by Gasteiger charge is 2.19. The van der Waals surface area contributed by atoms with E-state index in [2.05, 4.69) is 0 Å². The molecule has 0 aliphatic carbocycles. The molecule has 0 unspecified atom stereocenters. The molecular formula is C23H22N2O7. The topological polar surface area (TPSA) is 127 Å². The van der Waals surface area contributed by atoms with Gasteiger partial charge in [-0.1, -0.05) is 6.07 Å². The molecule has 166 valence electrons. The van der Waals surface area contributed by atoms with Crippen LogP contribution in [0.15, 0.2) is 42.0 Å². The van der Waals surface area contributed by atoms with Crippen LogP contribution in [0, 0.1) is 11.3 Å². The first-order chi connectivity index (χ1) is 15.4. The number of rotatable bonds is 9. The summed E-state index contributed by atoms with van der Waals surface area (Å²) in [5.41, 5.74) is 2.56. The number of ketones is 1. The molecule has 2 N–H and O–H groups in total. The van der Waals surface area contributed by atoms with Gasteiger partial charge in [-0.15, -0.1) is 0 Å². The number of Topliss-reactive ketones (excluding diaryl/α,β-unsaturated/α-hetero) is 1. The lowest BCUT2D eigenvalue weighted by Crippen LogP contribution is -2.14. The minimum absolute atomic E-state index is 0.132. The van der Waals surface area contributed by atoms with Crippen molar-refractivity contribution in [3.05, 3.63) is 58.7 Å². The first kappa shape index (κ1) is 24.0. The van der Waals surface area contributed by atoms with Crippen molar-refractivity contribution in [3.63, 3.8) is 0 Å². The molecule has 0 heterocycles. The molecular weight excluding hydrogens is 416 g/mol. The van der Waals surface area contributed by atoms with Gasteiger partial charge in [0.1, 0.15) is 17.4 Å². The van der Waals surface area contributed by atoms with Crippen LogP contribution in [0.2, 0.25) is 0 Å². The lowest BCUT2D eigenvalue weighted by Gasteiger charge is -2.13. The Morgan fingerprint density at radius 2 is 1.59 bits per heavy atom. The van der Waals surface area contributed by atoms with Gasteiger partial charge in [0.15, 0.2) is 11.5 Å². The van der Waals surface area contributed by atoms with Crippen LogP contribution in [-0.2, 0) is 4.79 Å². The summed E-state index contributed by atoms with van der Waals surface area (Å²) in [6, 6.07) is 9.74. The third-order valence-corrected chi connectivity index (χ3v) is 4.38. The minimum atomic E-state index is -0.719. The lowest BCUT2D eigenvalue weighted by molar-refractivity contribution is -0.124. The molecule has 0 aromatic heterocycles. The average molecular weight is 438 g/mol. The maximum absolute atomic E-state index is 13.0. The Morgan fingerprint density at radius 1 is 0.969 bits per heavy atom. The summed E-state index contributed by atoms with van der Waals surface area (Å²) in [5.74, 6) is 0.0896. The normalized spacial score (nSPS) is 10.9. The molecule has 0 saturated carbocycles. The Labute approximate surface area is 185 Å². The number of nitrogens with zero attached hydrogens (tertiary/aromatic N) is 1. The van der Waals surface area contributed by atoms with Gasteiger partial charge in [0.25, 0.3) is 5.91 Å². The molecule has 0 atom stereocenters. The maximum atomic E-state index is 13.0. The first-order valence-corrected chi connectivity index (χ1v) is 9.19. The Hall–Kier alpha value is -4.29. The van der Waals surface area contributed by atoms with Crippen molar-refractivity contribution >= 4 is 23.8 Å². The second-order valence-corrected chi connectivity index (χ2v) is 6.22.